The van der Waals surface area contributed by atoms with Crippen molar-refractivity contribution in [2.75, 3.05) is 5.32 Å². The highest BCUT2D eigenvalue weighted by Crippen LogP contribution is 2.30. The van der Waals surface area contributed by atoms with Gasteiger partial charge in [0.05, 0.1) is 16.3 Å². The lowest BCUT2D eigenvalue weighted by Crippen LogP contribution is -2.07. The van der Waals surface area contributed by atoms with Crippen LogP contribution in [0.3, 0.4) is 0 Å². The first-order chi connectivity index (χ1) is 8.75. The van der Waals surface area contributed by atoms with Gasteiger partial charge in [0.15, 0.2) is 0 Å². The highest BCUT2D eigenvalue weighted by atomic mass is 32.1. The largest absolute Gasteiger partial charge is 0.362 e. The van der Waals surface area contributed by atoms with Crippen molar-refractivity contribution in [1.29, 1.82) is 0 Å². The van der Waals surface area contributed by atoms with Gasteiger partial charge in [0.2, 0.25) is 0 Å². The molecule has 3 rings (SSSR count). The van der Waals surface area contributed by atoms with E-state index in [4.69, 9.17) is 0 Å². The second kappa shape index (κ2) is 4.66. The van der Waals surface area contributed by atoms with Crippen LogP contribution in [0.15, 0.2) is 28.5 Å². The second-order valence-corrected chi connectivity index (χ2v) is 5.90. The molecule has 0 saturated carbocycles. The summed E-state index contributed by atoms with van der Waals surface area (Å²) in [7, 11) is 0. The van der Waals surface area contributed by atoms with E-state index in [-0.39, 0.29) is 6.04 Å². The summed E-state index contributed by atoms with van der Waals surface area (Å²) in [5.74, 6) is 0.928. The zero-order valence-corrected chi connectivity index (χ0v) is 11.8. The Morgan fingerprint density at radius 2 is 2.17 bits per heavy atom. The number of hydrogen-bond acceptors (Lipinski definition) is 5. The Bertz CT molecular complexity index is 658. The van der Waals surface area contributed by atoms with E-state index in [1.54, 1.807) is 29.0 Å². The molecule has 0 fully saturated rings. The van der Waals surface area contributed by atoms with Crippen molar-refractivity contribution in [1.82, 2.24) is 9.97 Å². The molecule has 0 aromatic carbocycles. The van der Waals surface area contributed by atoms with Gasteiger partial charge in [-0.1, -0.05) is 0 Å². The van der Waals surface area contributed by atoms with Crippen molar-refractivity contribution >= 4 is 38.7 Å². The van der Waals surface area contributed by atoms with Crippen LogP contribution in [-0.4, -0.2) is 9.97 Å². The van der Waals surface area contributed by atoms with E-state index in [0.29, 0.717) is 0 Å². The summed E-state index contributed by atoms with van der Waals surface area (Å²) in [5.41, 5.74) is 3.55. The van der Waals surface area contributed by atoms with Crippen LogP contribution in [0.25, 0.3) is 10.2 Å². The molecule has 5 heteroatoms. The van der Waals surface area contributed by atoms with Crippen LogP contribution in [-0.2, 0) is 0 Å². The first kappa shape index (κ1) is 11.6. The summed E-state index contributed by atoms with van der Waals surface area (Å²) in [5, 5.41) is 9.85. The van der Waals surface area contributed by atoms with Gasteiger partial charge in [0.25, 0.3) is 0 Å². The maximum atomic E-state index is 4.36. The van der Waals surface area contributed by atoms with Crippen LogP contribution in [0.1, 0.15) is 24.1 Å². The molecular weight excluding hydrogens is 262 g/mol. The lowest BCUT2D eigenvalue weighted by atomic mass is 10.2. The second-order valence-electron chi connectivity index (χ2n) is 4.24. The van der Waals surface area contributed by atoms with E-state index < -0.39 is 0 Å². The van der Waals surface area contributed by atoms with Gasteiger partial charge < -0.3 is 5.32 Å². The highest BCUT2D eigenvalue weighted by Gasteiger charge is 2.11. The van der Waals surface area contributed by atoms with Crippen molar-refractivity contribution in [3.05, 3.63) is 39.7 Å². The van der Waals surface area contributed by atoms with Crippen LogP contribution >= 0.6 is 22.7 Å². The van der Waals surface area contributed by atoms with E-state index in [1.165, 1.54) is 11.1 Å². The fourth-order valence-corrected chi connectivity index (χ4v) is 3.59. The minimum atomic E-state index is 0.261. The Hall–Kier alpha value is -1.46. The van der Waals surface area contributed by atoms with Gasteiger partial charge in [0, 0.05) is 0 Å². The molecule has 1 atom stereocenters. The third-order valence-electron chi connectivity index (χ3n) is 2.93. The van der Waals surface area contributed by atoms with Crippen LogP contribution in [0.2, 0.25) is 0 Å². The average molecular weight is 275 g/mol. The third kappa shape index (κ3) is 2.00. The molecule has 0 saturated heterocycles. The number of thiophene rings is 2. The quantitative estimate of drug-likeness (QED) is 0.777. The van der Waals surface area contributed by atoms with Crippen LogP contribution in [0, 0.1) is 6.92 Å². The summed E-state index contributed by atoms with van der Waals surface area (Å²) >= 11 is 3.41. The molecule has 92 valence electrons. The van der Waals surface area contributed by atoms with Crippen LogP contribution in [0.4, 0.5) is 5.82 Å². The number of nitrogens with zero attached hydrogens (tertiary/aromatic N) is 2. The van der Waals surface area contributed by atoms with E-state index >= 15 is 0 Å². The first-order valence-corrected chi connectivity index (χ1v) is 7.55. The fraction of sp³-hybridized carbons (Fsp3) is 0.231. The summed E-state index contributed by atoms with van der Waals surface area (Å²) in [6.07, 6.45) is 1.63. The summed E-state index contributed by atoms with van der Waals surface area (Å²) < 4.78 is 1.14. The smallest absolute Gasteiger partial charge is 0.147 e. The lowest BCUT2D eigenvalue weighted by Gasteiger charge is -2.13. The first-order valence-electron chi connectivity index (χ1n) is 5.73. The lowest BCUT2D eigenvalue weighted by molar-refractivity contribution is 0.882. The van der Waals surface area contributed by atoms with Gasteiger partial charge in [-0.05, 0) is 47.2 Å². The molecule has 3 aromatic heterocycles. The van der Waals surface area contributed by atoms with Gasteiger partial charge >= 0.3 is 0 Å². The zero-order chi connectivity index (χ0) is 12.5. The number of aryl methyl sites for hydroxylation is 1. The molecule has 3 nitrogen and oxygen atoms in total. The predicted octanol–water partition coefficient (Wildman–Crippen LogP) is 4.23. The van der Waals surface area contributed by atoms with E-state index in [9.17, 15) is 0 Å². The van der Waals surface area contributed by atoms with Gasteiger partial charge in [-0.3, -0.25) is 0 Å². The molecule has 3 heterocycles. The molecule has 0 aliphatic carbocycles. The topological polar surface area (TPSA) is 37.8 Å². The van der Waals surface area contributed by atoms with Crippen molar-refractivity contribution in [3.8, 4) is 0 Å². The van der Waals surface area contributed by atoms with Crippen LogP contribution < -0.4 is 5.32 Å². The fourth-order valence-electron chi connectivity index (χ4n) is 1.88. The zero-order valence-electron chi connectivity index (χ0n) is 10.2. The Kier molecular flexibility index (Phi) is 3.01. The third-order valence-corrected chi connectivity index (χ3v) is 4.72. The van der Waals surface area contributed by atoms with Gasteiger partial charge in [0.1, 0.15) is 12.1 Å². The molecule has 0 aliphatic heterocycles. The number of anilines is 1. The molecule has 0 radical (unpaired) electrons. The number of rotatable bonds is 3. The van der Waals surface area contributed by atoms with Crippen molar-refractivity contribution in [3.63, 3.8) is 0 Å². The van der Waals surface area contributed by atoms with Gasteiger partial charge in [-0.2, -0.15) is 11.3 Å². The molecule has 1 unspecified atom stereocenters. The van der Waals surface area contributed by atoms with Crippen molar-refractivity contribution < 1.29 is 0 Å². The van der Waals surface area contributed by atoms with Crippen molar-refractivity contribution in [2.45, 2.75) is 19.9 Å². The maximum absolute atomic E-state index is 4.36. The highest BCUT2D eigenvalue weighted by molar-refractivity contribution is 7.18. The molecule has 0 aliphatic rings. The summed E-state index contributed by atoms with van der Waals surface area (Å²) in [6.45, 7) is 4.23. The maximum Gasteiger partial charge on any atom is 0.147 e. The predicted molar refractivity (Wildman–Crippen MR) is 78.5 cm³/mol. The van der Waals surface area contributed by atoms with E-state index in [1.807, 2.05) is 0 Å². The van der Waals surface area contributed by atoms with Gasteiger partial charge in [-0.25, -0.2) is 9.97 Å². The number of aromatic nitrogens is 2. The van der Waals surface area contributed by atoms with Gasteiger partial charge in [-0.15, -0.1) is 11.3 Å². The van der Waals surface area contributed by atoms with E-state index in [2.05, 4.69) is 51.3 Å². The van der Waals surface area contributed by atoms with Crippen LogP contribution in [0.5, 0.6) is 0 Å². The van der Waals surface area contributed by atoms with Crippen molar-refractivity contribution in [2.24, 2.45) is 0 Å². The minimum Gasteiger partial charge on any atom is -0.362 e. The number of hydrogen-bond donors (Lipinski definition) is 1. The number of fused-ring (bicyclic) bond motifs is 1. The molecule has 18 heavy (non-hydrogen) atoms. The summed E-state index contributed by atoms with van der Waals surface area (Å²) in [6, 6.07) is 2.40. The number of nitrogens with one attached hydrogen (secondary N) is 1. The molecule has 1 N–H and O–H groups in total. The Morgan fingerprint density at radius 1 is 1.28 bits per heavy atom. The van der Waals surface area contributed by atoms with E-state index in [0.717, 1.165) is 16.0 Å². The SMILES string of the molecule is Cc1csc2c(NC(C)c3ccsc3)ncnc12. The normalized spacial score (nSPS) is 12.8. The Balaban J connectivity index is 1.95. The molecular formula is C13H13N3S2. The monoisotopic (exact) mass is 275 g/mol. The standard InChI is InChI=1S/C13H13N3S2/c1-8-5-18-12-11(8)14-7-15-13(12)16-9(2)10-3-4-17-6-10/h3-7,9H,1-2H3,(H,14,15,16). The molecule has 0 spiro atoms. The Labute approximate surface area is 114 Å². The molecule has 3 aromatic rings. The Morgan fingerprint density at radius 3 is 2.94 bits per heavy atom. The molecule has 0 amide bonds. The molecule has 0 bridgehead atoms. The summed E-state index contributed by atoms with van der Waals surface area (Å²) in [4.78, 5) is 8.69. The average Bonchev–Trinajstić information content (AvgIpc) is 3.00. The minimum absolute atomic E-state index is 0.261.